The molecule has 2 fully saturated rings. The number of rotatable bonds is 13. The molecule has 2 saturated heterocycles. The van der Waals surface area contributed by atoms with Crippen LogP contribution in [0.5, 0.6) is 23.0 Å². The maximum Gasteiger partial charge on any atom is 0.229 e. The van der Waals surface area contributed by atoms with Crippen molar-refractivity contribution >= 4 is 0 Å². The van der Waals surface area contributed by atoms with Crippen LogP contribution in [0.1, 0.15) is 35.1 Å². The van der Waals surface area contributed by atoms with E-state index in [0.717, 1.165) is 11.1 Å². The van der Waals surface area contributed by atoms with Crippen molar-refractivity contribution in [2.24, 2.45) is 0 Å². The molecule has 5 rings (SSSR count). The first-order valence-electron chi connectivity index (χ1n) is 15.0. The van der Waals surface area contributed by atoms with Crippen molar-refractivity contribution < 1.29 is 74.0 Å². The normalized spacial score (nSPS) is 33.8. The molecule has 0 bridgehead atoms. The van der Waals surface area contributed by atoms with Gasteiger partial charge in [0.15, 0.2) is 29.3 Å². The zero-order valence-electron chi connectivity index (χ0n) is 25.5. The average molecular weight is 655 g/mol. The zero-order chi connectivity index (χ0) is 33.2. The number of hydrogen-bond donors (Lipinski definition) is 8. The van der Waals surface area contributed by atoms with Crippen molar-refractivity contribution in [1.82, 2.24) is 0 Å². The van der Waals surface area contributed by atoms with E-state index in [1.807, 2.05) is 12.1 Å². The molecular formula is C31H42O15. The van der Waals surface area contributed by atoms with Gasteiger partial charge in [-0.05, 0) is 42.2 Å². The molecule has 10 atom stereocenters. The standard InChI is InChI=1S/C31H42O15/c1-40-20-10-16(26-18(11-33)17-8-15(4-3-7-32)9-21(41-2)27(17)46-26)5-6-19(20)44-29-25(37)24(36)23(35)22(45-29)12-42-30-28(38)31(39,13-34)14-43-30/h5-6,8-10,18,22-26,28-30,32-39H,3-4,7,11-14H2,1-2H3/t18-,22-,23-,24+,25-,26+,28+,29-,30-,31-/m1/s1. The van der Waals surface area contributed by atoms with Crippen molar-refractivity contribution in [1.29, 1.82) is 0 Å². The van der Waals surface area contributed by atoms with E-state index in [1.165, 1.54) is 14.2 Å². The summed E-state index contributed by atoms with van der Waals surface area (Å²) in [6.07, 6.45) is -10.1. The van der Waals surface area contributed by atoms with Crippen molar-refractivity contribution in [3.63, 3.8) is 0 Å². The van der Waals surface area contributed by atoms with Gasteiger partial charge in [0.2, 0.25) is 6.29 Å². The van der Waals surface area contributed by atoms with E-state index in [-0.39, 0.29) is 31.3 Å². The fourth-order valence-corrected chi connectivity index (χ4v) is 5.89. The molecule has 2 aromatic carbocycles. The van der Waals surface area contributed by atoms with Gasteiger partial charge in [-0.3, -0.25) is 0 Å². The van der Waals surface area contributed by atoms with Gasteiger partial charge in [-0.15, -0.1) is 0 Å². The van der Waals surface area contributed by atoms with Crippen LogP contribution < -0.4 is 18.9 Å². The van der Waals surface area contributed by atoms with Crippen LogP contribution in [0.4, 0.5) is 0 Å². The topological polar surface area (TPSA) is 226 Å². The van der Waals surface area contributed by atoms with E-state index in [0.29, 0.717) is 29.9 Å². The van der Waals surface area contributed by atoms with Gasteiger partial charge < -0.3 is 74.0 Å². The maximum atomic E-state index is 10.7. The highest BCUT2D eigenvalue weighted by Crippen LogP contribution is 2.51. The minimum absolute atomic E-state index is 0.0449. The number of aryl methyl sites for hydroxylation is 1. The van der Waals surface area contributed by atoms with E-state index in [4.69, 9.17) is 33.2 Å². The average Bonchev–Trinajstić information content (AvgIpc) is 3.59. The molecule has 0 aromatic heterocycles. The summed E-state index contributed by atoms with van der Waals surface area (Å²) < 4.78 is 39.7. The number of ether oxygens (including phenoxy) is 7. The molecular weight excluding hydrogens is 612 g/mol. The lowest BCUT2D eigenvalue weighted by Gasteiger charge is -2.40. The van der Waals surface area contributed by atoms with Crippen molar-refractivity contribution in [2.75, 3.05) is 47.3 Å². The molecule has 256 valence electrons. The lowest BCUT2D eigenvalue weighted by molar-refractivity contribution is -0.289. The largest absolute Gasteiger partial charge is 0.493 e. The lowest BCUT2D eigenvalue weighted by Crippen LogP contribution is -2.60. The predicted molar refractivity (Wildman–Crippen MR) is 156 cm³/mol. The van der Waals surface area contributed by atoms with E-state index >= 15 is 0 Å². The summed E-state index contributed by atoms with van der Waals surface area (Å²) in [6.45, 7) is -1.76. The summed E-state index contributed by atoms with van der Waals surface area (Å²) in [5, 5.41) is 81.1. The maximum absolute atomic E-state index is 10.7. The van der Waals surface area contributed by atoms with Crippen LogP contribution >= 0.6 is 0 Å². The summed E-state index contributed by atoms with van der Waals surface area (Å²) in [5.74, 6) is 0.931. The summed E-state index contributed by atoms with van der Waals surface area (Å²) in [5.41, 5.74) is 0.437. The van der Waals surface area contributed by atoms with E-state index in [2.05, 4.69) is 0 Å². The van der Waals surface area contributed by atoms with Gasteiger partial charge in [-0.2, -0.15) is 0 Å². The first-order valence-corrected chi connectivity index (χ1v) is 15.0. The minimum atomic E-state index is -1.92. The molecule has 0 unspecified atom stereocenters. The molecule has 15 heteroatoms. The summed E-state index contributed by atoms with van der Waals surface area (Å²) in [4.78, 5) is 0. The lowest BCUT2D eigenvalue weighted by atomic mass is 9.90. The second-order valence-corrected chi connectivity index (χ2v) is 11.6. The highest BCUT2D eigenvalue weighted by Gasteiger charge is 2.50. The Bertz CT molecular complexity index is 1330. The first-order chi connectivity index (χ1) is 22.1. The molecule has 46 heavy (non-hydrogen) atoms. The molecule has 0 aliphatic carbocycles. The number of methoxy groups -OCH3 is 2. The van der Waals surface area contributed by atoms with Crippen LogP contribution in [0.25, 0.3) is 0 Å². The molecule has 3 aliphatic heterocycles. The minimum Gasteiger partial charge on any atom is -0.493 e. The Morgan fingerprint density at radius 2 is 1.65 bits per heavy atom. The molecule has 0 spiro atoms. The Hall–Kier alpha value is -2.80. The van der Waals surface area contributed by atoms with Crippen LogP contribution in [0.2, 0.25) is 0 Å². The Kier molecular flexibility index (Phi) is 10.9. The monoisotopic (exact) mass is 654 g/mol. The van der Waals surface area contributed by atoms with Gasteiger partial charge in [0.05, 0.1) is 46.6 Å². The Labute approximate surface area is 265 Å². The van der Waals surface area contributed by atoms with Gasteiger partial charge in [-0.1, -0.05) is 12.1 Å². The van der Waals surface area contributed by atoms with Gasteiger partial charge in [0, 0.05) is 12.2 Å². The molecule has 8 N–H and O–H groups in total. The smallest absolute Gasteiger partial charge is 0.229 e. The van der Waals surface area contributed by atoms with Crippen LogP contribution in [-0.2, 0) is 20.6 Å². The fraction of sp³-hybridized carbons (Fsp3) is 0.613. The van der Waals surface area contributed by atoms with Gasteiger partial charge in [-0.25, -0.2) is 0 Å². The molecule has 2 aromatic rings. The third-order valence-corrected chi connectivity index (χ3v) is 8.63. The Morgan fingerprint density at radius 3 is 2.30 bits per heavy atom. The van der Waals surface area contributed by atoms with Crippen LogP contribution in [0, 0.1) is 0 Å². The molecule has 0 saturated carbocycles. The highest BCUT2D eigenvalue weighted by molar-refractivity contribution is 5.56. The van der Waals surface area contributed by atoms with Crippen LogP contribution in [-0.4, -0.2) is 137 Å². The molecule has 0 radical (unpaired) electrons. The molecule has 15 nitrogen and oxygen atoms in total. The number of aliphatic hydroxyl groups is 8. The Morgan fingerprint density at radius 1 is 0.891 bits per heavy atom. The fourth-order valence-electron chi connectivity index (χ4n) is 5.89. The number of benzene rings is 2. The van der Waals surface area contributed by atoms with Gasteiger partial charge in [0.1, 0.15) is 42.2 Å². The van der Waals surface area contributed by atoms with Crippen LogP contribution in [0.15, 0.2) is 30.3 Å². The summed E-state index contributed by atoms with van der Waals surface area (Å²) in [6, 6.07) is 8.68. The van der Waals surface area contributed by atoms with E-state index in [1.54, 1.807) is 18.2 Å². The molecule has 3 aliphatic rings. The van der Waals surface area contributed by atoms with Crippen molar-refractivity contribution in [3.8, 4) is 23.0 Å². The van der Waals surface area contributed by atoms with E-state index in [9.17, 15) is 40.9 Å². The third kappa shape index (κ3) is 6.63. The number of aliphatic hydroxyl groups excluding tert-OH is 7. The molecule has 3 heterocycles. The number of fused-ring (bicyclic) bond motifs is 1. The van der Waals surface area contributed by atoms with Gasteiger partial charge in [0.25, 0.3) is 0 Å². The van der Waals surface area contributed by atoms with Crippen LogP contribution in [0.3, 0.4) is 0 Å². The summed E-state index contributed by atoms with van der Waals surface area (Å²) >= 11 is 0. The van der Waals surface area contributed by atoms with Crippen molar-refractivity contribution in [2.45, 2.75) is 73.6 Å². The Balaban J connectivity index is 1.31. The second kappa shape index (κ2) is 14.5. The third-order valence-electron chi connectivity index (χ3n) is 8.63. The number of hydrogen-bond acceptors (Lipinski definition) is 15. The first kappa shape index (κ1) is 34.5. The van der Waals surface area contributed by atoms with E-state index < -0.39 is 73.9 Å². The highest BCUT2D eigenvalue weighted by atomic mass is 16.7. The van der Waals surface area contributed by atoms with Crippen molar-refractivity contribution in [3.05, 3.63) is 47.0 Å². The quantitative estimate of drug-likeness (QED) is 0.123. The summed E-state index contributed by atoms with van der Waals surface area (Å²) in [7, 11) is 2.94. The SMILES string of the molecule is COc1cc([C@@H]2Oc3c(OC)cc(CCCO)cc3[C@H]2CO)ccc1O[C@@H]1O[C@H](CO[C@@H]2OC[C@](O)(CO)[C@H]2O)[C@@H](O)[C@H](O)[C@H]1O. The predicted octanol–water partition coefficient (Wildman–Crippen LogP) is -1.52. The second-order valence-electron chi connectivity index (χ2n) is 11.6. The molecule has 0 amide bonds. The van der Waals surface area contributed by atoms with Gasteiger partial charge >= 0.3 is 0 Å². The zero-order valence-corrected chi connectivity index (χ0v) is 25.5.